The number of carboxylic acid groups (broad SMARTS) is 3. The highest BCUT2D eigenvalue weighted by Crippen LogP contribution is 2.28. The number of aliphatic carboxylic acids is 3. The van der Waals surface area contributed by atoms with Crippen molar-refractivity contribution < 1.29 is 43.7 Å². The van der Waals surface area contributed by atoms with Crippen LogP contribution in [0.1, 0.15) is 36.7 Å². The van der Waals surface area contributed by atoms with Gasteiger partial charge in [-0.15, -0.1) is 0 Å². The number of nitriles is 1. The van der Waals surface area contributed by atoms with Crippen molar-refractivity contribution >= 4 is 40.7 Å². The van der Waals surface area contributed by atoms with Crippen LogP contribution in [0.25, 0.3) is 11.0 Å². The number of H-pyrrole nitrogens is 1. The summed E-state index contributed by atoms with van der Waals surface area (Å²) in [4.78, 5) is 56.8. The molecule has 14 heteroatoms. The van der Waals surface area contributed by atoms with E-state index in [-0.39, 0.29) is 24.8 Å². The lowest BCUT2D eigenvalue weighted by Crippen LogP contribution is -2.52. The number of fused-ring (bicyclic) bond motifs is 1. The Kier molecular flexibility index (Phi) is 7.79. The second-order valence-corrected chi connectivity index (χ2v) is 8.29. The van der Waals surface area contributed by atoms with Crippen LogP contribution < -0.4 is 4.90 Å². The first-order valence-electron chi connectivity index (χ1n) is 12.2. The second kappa shape index (κ2) is 11.9. The number of hydrogen-bond donors (Lipinski definition) is 5. The normalized spacial score (nSPS) is 19.0. The molecule has 1 saturated heterocycles. The molecule has 3 rings (SSSR count). The summed E-state index contributed by atoms with van der Waals surface area (Å²) in [5, 5.41) is 43.2. The monoisotopic (exact) mass is 507 g/mol. The molecular formula is C22H28N6O8. The molecule has 1 fully saturated rings. The van der Waals surface area contributed by atoms with E-state index in [0.29, 0.717) is 29.8 Å². The average Bonchev–Trinajstić information content (AvgIpc) is 3.29. The van der Waals surface area contributed by atoms with E-state index in [2.05, 4.69) is 15.0 Å². The van der Waals surface area contributed by atoms with E-state index in [9.17, 15) is 19.2 Å². The first-order valence-corrected chi connectivity index (χ1v) is 10.7. The molecule has 36 heavy (non-hydrogen) atoms. The van der Waals surface area contributed by atoms with Crippen molar-refractivity contribution in [2.45, 2.75) is 44.2 Å². The number of piperidine rings is 1. The molecule has 0 bridgehead atoms. The third kappa shape index (κ3) is 6.89. The maximum atomic E-state index is 12.1. The minimum atomic E-state index is -2.74. The minimum absolute atomic E-state index is 0.0468. The van der Waals surface area contributed by atoms with Gasteiger partial charge in [0.15, 0.2) is 5.60 Å². The molecule has 2 aromatic rings. The van der Waals surface area contributed by atoms with E-state index in [1.165, 1.54) is 11.2 Å². The fraction of sp³-hybridized carbons (Fsp3) is 0.500. The molecule has 1 aliphatic rings. The van der Waals surface area contributed by atoms with Gasteiger partial charge in [0.05, 0.1) is 30.3 Å². The van der Waals surface area contributed by atoms with Gasteiger partial charge in [0.2, 0.25) is 5.91 Å². The lowest BCUT2D eigenvalue weighted by atomic mass is 9.92. The Balaban J connectivity index is 0.000000349. The Labute approximate surface area is 210 Å². The van der Waals surface area contributed by atoms with Gasteiger partial charge in [-0.3, -0.25) is 14.4 Å². The quantitative estimate of drug-likeness (QED) is 0.325. The van der Waals surface area contributed by atoms with Crippen LogP contribution in [-0.4, -0.2) is 95.8 Å². The van der Waals surface area contributed by atoms with Crippen LogP contribution in [0.2, 0.25) is 0 Å². The second-order valence-electron chi connectivity index (χ2n) is 8.29. The number of anilines is 1. The number of aromatic nitrogens is 3. The Hall–Kier alpha value is -4.25. The molecule has 0 spiro atoms. The summed E-state index contributed by atoms with van der Waals surface area (Å²) in [7, 11) is 0. The van der Waals surface area contributed by atoms with Crippen molar-refractivity contribution in [3.8, 4) is 6.07 Å². The molecule has 1 aliphatic heterocycles. The van der Waals surface area contributed by atoms with Gasteiger partial charge in [0, 0.05) is 30.4 Å². The van der Waals surface area contributed by atoms with Crippen molar-refractivity contribution in [1.29, 1.82) is 5.26 Å². The number of hydrogen-bond acceptors (Lipinski definition) is 9. The predicted octanol–water partition coefficient (Wildman–Crippen LogP) is 0.296. The van der Waals surface area contributed by atoms with Gasteiger partial charge in [-0.1, -0.05) is 6.92 Å². The van der Waals surface area contributed by atoms with Gasteiger partial charge in [-0.25, -0.2) is 14.8 Å². The Bertz CT molecular complexity index is 1240. The average molecular weight is 508 g/mol. The smallest absolute Gasteiger partial charge is 0.336 e. The van der Waals surface area contributed by atoms with Crippen LogP contribution in [-0.2, 0) is 19.2 Å². The van der Waals surface area contributed by atoms with Crippen molar-refractivity contribution in [2.24, 2.45) is 5.92 Å². The zero-order chi connectivity index (χ0) is 29.5. The Morgan fingerprint density at radius 2 is 1.94 bits per heavy atom. The van der Waals surface area contributed by atoms with E-state index >= 15 is 0 Å². The molecule has 0 aromatic carbocycles. The Morgan fingerprint density at radius 3 is 2.50 bits per heavy atom. The third-order valence-corrected chi connectivity index (χ3v) is 5.68. The zero-order valence-electron chi connectivity index (χ0n) is 22.3. The largest absolute Gasteiger partial charge is 0.481 e. The topological polar surface area (TPSA) is 221 Å². The van der Waals surface area contributed by atoms with Crippen LogP contribution >= 0.6 is 0 Å². The van der Waals surface area contributed by atoms with E-state index in [0.717, 1.165) is 0 Å². The van der Waals surface area contributed by atoms with Gasteiger partial charge < -0.3 is 35.2 Å². The number of carboxylic acids is 3. The summed E-state index contributed by atoms with van der Waals surface area (Å²) >= 11 is 0. The molecule has 3 heterocycles. The molecule has 2 aromatic heterocycles. The third-order valence-electron chi connectivity index (χ3n) is 5.68. The predicted molar refractivity (Wildman–Crippen MR) is 124 cm³/mol. The van der Waals surface area contributed by atoms with E-state index in [1.54, 1.807) is 17.2 Å². The van der Waals surface area contributed by atoms with Gasteiger partial charge in [0.25, 0.3) is 0 Å². The first kappa shape index (κ1) is 23.5. The summed E-state index contributed by atoms with van der Waals surface area (Å²) in [5.41, 5.74) is -2.18. The first-order chi connectivity index (χ1) is 18.1. The summed E-state index contributed by atoms with van der Waals surface area (Å²) < 4.78 is 24.2. The number of amides is 1. The number of aliphatic hydroxyl groups is 1. The van der Waals surface area contributed by atoms with Crippen LogP contribution in [0.15, 0.2) is 18.6 Å². The fourth-order valence-electron chi connectivity index (χ4n) is 3.71. The van der Waals surface area contributed by atoms with Crippen molar-refractivity contribution in [3.63, 3.8) is 0 Å². The Morgan fingerprint density at radius 1 is 1.28 bits per heavy atom. The molecule has 194 valence electrons. The van der Waals surface area contributed by atoms with Crippen LogP contribution in [0, 0.1) is 17.2 Å². The van der Waals surface area contributed by atoms with Crippen molar-refractivity contribution in [2.75, 3.05) is 25.0 Å². The van der Waals surface area contributed by atoms with Crippen LogP contribution in [0.5, 0.6) is 0 Å². The highest BCUT2D eigenvalue weighted by molar-refractivity contribution is 5.88. The maximum Gasteiger partial charge on any atom is 0.336 e. The molecule has 0 aliphatic carbocycles. The molecule has 1 amide bonds. The zero-order valence-corrected chi connectivity index (χ0v) is 19.3. The molecule has 0 saturated carbocycles. The maximum absolute atomic E-state index is 12.1. The standard InChI is InChI=1S/C16H20N6O.C6H8O7/c1-11-5-8-22(14(23)3-6-17)9-13(11)21(2)16-12-4-7-18-15(12)19-10-20-16;7-3(8)1-6(13,5(11)12)2-4(9)10/h4,7,10-11,13H,3,5,8-9H2,1-2H3,(H,18,19,20);13H,1-2H2,(H,7,8)(H,9,10)(H,11,12)/t11-,13+;/m1./s1/i2D3;. The number of likely N-dealkylation sites (N-methyl/N-ethyl adjacent to an activating group) is 1. The van der Waals surface area contributed by atoms with E-state index in [1.807, 2.05) is 13.0 Å². The number of nitrogens with zero attached hydrogens (tertiary/aromatic N) is 5. The molecule has 14 nitrogen and oxygen atoms in total. The SMILES string of the molecule is O=C(O)CC(O)(CC(=O)O)C(=O)O.[2H]C([2H])([2H])N(c1ncnc2[nH]ccc12)[C@H]1CN(C(=O)CC#N)CC[C@H]1C. The van der Waals surface area contributed by atoms with Gasteiger partial charge in [-0.2, -0.15) is 5.26 Å². The number of nitrogens with one attached hydrogen (secondary N) is 1. The minimum Gasteiger partial charge on any atom is -0.481 e. The van der Waals surface area contributed by atoms with E-state index in [4.69, 9.17) is 29.8 Å². The molecule has 5 N–H and O–H groups in total. The number of aromatic amines is 1. The van der Waals surface area contributed by atoms with Crippen molar-refractivity contribution in [3.05, 3.63) is 18.6 Å². The summed E-state index contributed by atoms with van der Waals surface area (Å²) in [6.07, 6.45) is 1.19. The van der Waals surface area contributed by atoms with Crippen LogP contribution in [0.3, 0.4) is 0 Å². The van der Waals surface area contributed by atoms with Crippen LogP contribution in [0.4, 0.5) is 5.82 Å². The number of rotatable bonds is 8. The van der Waals surface area contributed by atoms with E-state index < -0.39 is 49.4 Å². The van der Waals surface area contributed by atoms with Gasteiger partial charge in [-0.05, 0) is 18.4 Å². The van der Waals surface area contributed by atoms with Crippen molar-refractivity contribution in [1.82, 2.24) is 19.9 Å². The summed E-state index contributed by atoms with van der Waals surface area (Å²) in [6.45, 7) is 0.316. The number of likely N-dealkylation sites (tertiary alicyclic amines) is 1. The lowest BCUT2D eigenvalue weighted by Gasteiger charge is -2.42. The molecular weight excluding hydrogens is 476 g/mol. The highest BCUT2D eigenvalue weighted by atomic mass is 16.4. The molecule has 0 radical (unpaired) electrons. The van der Waals surface area contributed by atoms with Gasteiger partial charge >= 0.3 is 17.9 Å². The highest BCUT2D eigenvalue weighted by Gasteiger charge is 2.40. The lowest BCUT2D eigenvalue weighted by molar-refractivity contribution is -0.170. The summed E-state index contributed by atoms with van der Waals surface area (Å²) in [6, 6.07) is 3.17. The molecule has 0 unspecified atom stereocenters. The number of carbonyl (C=O) groups is 4. The number of carbonyl (C=O) groups excluding carboxylic acids is 1. The van der Waals surface area contributed by atoms with Gasteiger partial charge in [0.1, 0.15) is 24.2 Å². The molecule has 2 atom stereocenters. The summed E-state index contributed by atoms with van der Waals surface area (Å²) in [5.74, 6) is -4.92. The fourth-order valence-corrected chi connectivity index (χ4v) is 3.71.